The summed E-state index contributed by atoms with van der Waals surface area (Å²) in [6, 6.07) is 8.27. The largest absolute Gasteiger partial charge is 0.497 e. The molecule has 27 heavy (non-hydrogen) atoms. The molecule has 0 radical (unpaired) electrons. The Balaban J connectivity index is 2.00. The molecule has 6 nitrogen and oxygen atoms in total. The molecule has 1 aromatic heterocycles. The summed E-state index contributed by atoms with van der Waals surface area (Å²) in [6.45, 7) is 4.21. The molecule has 1 heterocycles. The van der Waals surface area contributed by atoms with E-state index in [0.717, 1.165) is 28.7 Å². The lowest BCUT2D eigenvalue weighted by Gasteiger charge is -2.31. The number of carbonyl (C=O) groups excluding carboxylic acids is 1. The van der Waals surface area contributed by atoms with Gasteiger partial charge >= 0.3 is 0 Å². The first-order valence-corrected chi connectivity index (χ1v) is 10.4. The second-order valence-electron chi connectivity index (χ2n) is 7.11. The van der Waals surface area contributed by atoms with Crippen LogP contribution >= 0.6 is 11.8 Å². The minimum absolute atomic E-state index is 0.00256. The predicted molar refractivity (Wildman–Crippen MR) is 108 cm³/mol. The van der Waals surface area contributed by atoms with Crippen molar-refractivity contribution in [2.24, 2.45) is 5.92 Å². The molecule has 1 fully saturated rings. The molecule has 1 amide bonds. The average Bonchev–Trinajstić information content (AvgIpc) is 3.10. The number of nitrogens with one attached hydrogen (secondary N) is 1. The highest BCUT2D eigenvalue weighted by molar-refractivity contribution is 8.00. The Bertz CT molecular complexity index is 775. The van der Waals surface area contributed by atoms with Crippen molar-refractivity contribution >= 4 is 17.7 Å². The molecule has 1 aromatic carbocycles. The van der Waals surface area contributed by atoms with Gasteiger partial charge < -0.3 is 10.1 Å². The SMILES string of the molecule is CNC(=O)C(C)Sc1nnc(-c2ccc(OC)cc2)n1C1CCCCC1C. The molecule has 1 aliphatic rings. The number of hydrogen-bond acceptors (Lipinski definition) is 5. The van der Waals surface area contributed by atoms with Crippen LogP contribution in [0.1, 0.15) is 45.6 Å². The molecule has 7 heteroatoms. The van der Waals surface area contributed by atoms with Crippen molar-refractivity contribution in [2.75, 3.05) is 14.2 Å². The fraction of sp³-hybridized carbons (Fsp3) is 0.550. The summed E-state index contributed by atoms with van der Waals surface area (Å²) < 4.78 is 7.53. The van der Waals surface area contributed by atoms with E-state index in [4.69, 9.17) is 4.74 Å². The van der Waals surface area contributed by atoms with Gasteiger partial charge in [0.2, 0.25) is 5.91 Å². The maximum Gasteiger partial charge on any atom is 0.233 e. The zero-order chi connectivity index (χ0) is 19.4. The van der Waals surface area contributed by atoms with E-state index < -0.39 is 0 Å². The normalized spacial score (nSPS) is 20.9. The quantitative estimate of drug-likeness (QED) is 0.759. The summed E-state index contributed by atoms with van der Waals surface area (Å²) in [5.41, 5.74) is 1.01. The van der Waals surface area contributed by atoms with Crippen LogP contribution in [0, 0.1) is 5.92 Å². The first kappa shape index (κ1) is 19.7. The summed E-state index contributed by atoms with van der Waals surface area (Å²) in [5.74, 6) is 2.24. The standard InChI is InChI=1S/C20H28N4O2S/c1-13-7-5-6-8-17(13)24-18(15-9-11-16(26-4)12-10-15)22-23-20(24)27-14(2)19(25)21-3/h9-14,17H,5-8H2,1-4H3,(H,21,25). The number of thioether (sulfide) groups is 1. The van der Waals surface area contributed by atoms with E-state index in [1.54, 1.807) is 14.2 Å². The maximum atomic E-state index is 12.0. The lowest BCUT2D eigenvalue weighted by molar-refractivity contribution is -0.119. The minimum atomic E-state index is -0.222. The maximum absolute atomic E-state index is 12.0. The molecule has 3 rings (SSSR count). The van der Waals surface area contributed by atoms with Crippen LogP contribution in [0.4, 0.5) is 0 Å². The fourth-order valence-electron chi connectivity index (χ4n) is 3.69. The summed E-state index contributed by atoms with van der Waals surface area (Å²) in [4.78, 5) is 12.0. The number of ether oxygens (including phenoxy) is 1. The lowest BCUT2D eigenvalue weighted by atomic mass is 9.85. The zero-order valence-corrected chi connectivity index (χ0v) is 17.3. The van der Waals surface area contributed by atoms with Gasteiger partial charge in [-0.15, -0.1) is 10.2 Å². The molecule has 0 saturated heterocycles. The molecular weight excluding hydrogens is 360 g/mol. The summed E-state index contributed by atoms with van der Waals surface area (Å²) >= 11 is 1.47. The Labute approximate surface area is 165 Å². The van der Waals surface area contributed by atoms with E-state index in [1.165, 1.54) is 31.0 Å². The van der Waals surface area contributed by atoms with Crippen LogP contribution < -0.4 is 10.1 Å². The van der Waals surface area contributed by atoms with Gasteiger partial charge in [-0.1, -0.05) is 31.5 Å². The number of amides is 1. The third-order valence-corrected chi connectivity index (χ3v) is 6.37. The molecule has 0 aliphatic heterocycles. The van der Waals surface area contributed by atoms with Gasteiger partial charge in [0, 0.05) is 18.7 Å². The van der Waals surface area contributed by atoms with Crippen molar-refractivity contribution in [1.29, 1.82) is 0 Å². The molecule has 3 atom stereocenters. The number of nitrogens with zero attached hydrogens (tertiary/aromatic N) is 3. The van der Waals surface area contributed by atoms with Crippen molar-refractivity contribution in [2.45, 2.75) is 56.0 Å². The van der Waals surface area contributed by atoms with E-state index >= 15 is 0 Å². The van der Waals surface area contributed by atoms with E-state index in [-0.39, 0.29) is 11.2 Å². The number of carbonyl (C=O) groups is 1. The lowest BCUT2D eigenvalue weighted by Crippen LogP contribution is -2.28. The van der Waals surface area contributed by atoms with Crippen LogP contribution in [0.3, 0.4) is 0 Å². The van der Waals surface area contributed by atoms with E-state index in [1.807, 2.05) is 31.2 Å². The van der Waals surface area contributed by atoms with Crippen LogP contribution in [0.15, 0.2) is 29.4 Å². The van der Waals surface area contributed by atoms with Crippen LogP contribution in [0.5, 0.6) is 5.75 Å². The highest BCUT2D eigenvalue weighted by atomic mass is 32.2. The van der Waals surface area contributed by atoms with Crippen LogP contribution in [0.25, 0.3) is 11.4 Å². The topological polar surface area (TPSA) is 69.0 Å². The van der Waals surface area contributed by atoms with Gasteiger partial charge in [0.15, 0.2) is 11.0 Å². The zero-order valence-electron chi connectivity index (χ0n) is 16.4. The second kappa shape index (κ2) is 8.78. The van der Waals surface area contributed by atoms with Crippen molar-refractivity contribution in [3.05, 3.63) is 24.3 Å². The van der Waals surface area contributed by atoms with Crippen LogP contribution in [0.2, 0.25) is 0 Å². The highest BCUT2D eigenvalue weighted by Gasteiger charge is 2.30. The summed E-state index contributed by atoms with van der Waals surface area (Å²) in [7, 11) is 3.33. The van der Waals surface area contributed by atoms with Gasteiger partial charge in [-0.3, -0.25) is 9.36 Å². The van der Waals surface area contributed by atoms with E-state index in [0.29, 0.717) is 12.0 Å². The number of methoxy groups -OCH3 is 1. The smallest absolute Gasteiger partial charge is 0.233 e. The molecule has 1 saturated carbocycles. The summed E-state index contributed by atoms with van der Waals surface area (Å²) in [5, 5.41) is 12.3. The predicted octanol–water partition coefficient (Wildman–Crippen LogP) is 3.93. The third-order valence-electron chi connectivity index (χ3n) is 5.31. The van der Waals surface area contributed by atoms with Crippen LogP contribution in [-0.4, -0.2) is 40.1 Å². The molecule has 1 N–H and O–H groups in total. The molecule has 3 unspecified atom stereocenters. The average molecular weight is 389 g/mol. The first-order chi connectivity index (χ1) is 13.0. The second-order valence-corrected chi connectivity index (χ2v) is 8.42. The van der Waals surface area contributed by atoms with Gasteiger partial charge in [-0.05, 0) is 49.9 Å². The van der Waals surface area contributed by atoms with Gasteiger partial charge in [-0.2, -0.15) is 0 Å². The molecule has 2 aromatic rings. The van der Waals surface area contributed by atoms with Gasteiger partial charge in [0.05, 0.1) is 12.4 Å². The number of benzene rings is 1. The Kier molecular flexibility index (Phi) is 6.42. The Morgan fingerprint density at radius 3 is 2.59 bits per heavy atom. The third kappa shape index (κ3) is 4.29. The molecular formula is C20H28N4O2S. The Hall–Kier alpha value is -2.02. The Morgan fingerprint density at radius 2 is 1.96 bits per heavy atom. The molecule has 146 valence electrons. The van der Waals surface area contributed by atoms with Gasteiger partial charge in [0.1, 0.15) is 5.75 Å². The molecule has 0 spiro atoms. The monoisotopic (exact) mass is 388 g/mol. The van der Waals surface area contributed by atoms with Gasteiger partial charge in [-0.25, -0.2) is 0 Å². The minimum Gasteiger partial charge on any atom is -0.497 e. The first-order valence-electron chi connectivity index (χ1n) is 9.52. The van der Waals surface area contributed by atoms with Gasteiger partial charge in [0.25, 0.3) is 0 Å². The molecule has 1 aliphatic carbocycles. The van der Waals surface area contributed by atoms with Crippen molar-refractivity contribution < 1.29 is 9.53 Å². The van der Waals surface area contributed by atoms with E-state index in [9.17, 15) is 4.79 Å². The number of rotatable bonds is 6. The molecule has 0 bridgehead atoms. The van der Waals surface area contributed by atoms with Crippen LogP contribution in [-0.2, 0) is 4.79 Å². The van der Waals surface area contributed by atoms with Crippen molar-refractivity contribution in [3.8, 4) is 17.1 Å². The fourth-order valence-corrected chi connectivity index (χ4v) is 4.65. The van der Waals surface area contributed by atoms with Crippen molar-refractivity contribution in [1.82, 2.24) is 20.1 Å². The van der Waals surface area contributed by atoms with E-state index in [2.05, 4.69) is 27.0 Å². The highest BCUT2D eigenvalue weighted by Crippen LogP contribution is 2.39. The number of hydrogen-bond donors (Lipinski definition) is 1. The summed E-state index contributed by atoms with van der Waals surface area (Å²) in [6.07, 6.45) is 4.81. The number of aromatic nitrogens is 3. The van der Waals surface area contributed by atoms with Crippen molar-refractivity contribution in [3.63, 3.8) is 0 Å². The Morgan fingerprint density at radius 1 is 1.26 bits per heavy atom.